The van der Waals surface area contributed by atoms with Gasteiger partial charge >= 0.3 is 5.97 Å². The summed E-state index contributed by atoms with van der Waals surface area (Å²) in [5.41, 5.74) is 0.0671. The second-order valence-corrected chi connectivity index (χ2v) is 6.94. The van der Waals surface area contributed by atoms with Crippen LogP contribution in [0.5, 0.6) is 0 Å². The molecule has 1 aliphatic heterocycles. The Morgan fingerprint density at radius 1 is 1.28 bits per heavy atom. The van der Waals surface area contributed by atoms with E-state index in [-0.39, 0.29) is 40.8 Å². The summed E-state index contributed by atoms with van der Waals surface area (Å²) in [7, 11) is 0. The summed E-state index contributed by atoms with van der Waals surface area (Å²) in [4.78, 5) is 38.3. The Kier molecular flexibility index (Phi) is 5.08. The zero-order valence-electron chi connectivity index (χ0n) is 13.8. The van der Waals surface area contributed by atoms with Crippen LogP contribution in [0.1, 0.15) is 38.2 Å². The van der Waals surface area contributed by atoms with Crippen LogP contribution >= 0.6 is 11.6 Å². The summed E-state index contributed by atoms with van der Waals surface area (Å²) in [6, 6.07) is 3.14. The number of carbonyl (C=O) groups excluding carboxylic acids is 3. The molecule has 2 aliphatic rings. The Balaban J connectivity index is 1.68. The maximum atomic E-state index is 13.7. The summed E-state index contributed by atoms with van der Waals surface area (Å²) in [6.45, 7) is 1.11. The molecule has 2 fully saturated rings. The fourth-order valence-electron chi connectivity index (χ4n) is 3.61. The second-order valence-electron chi connectivity index (χ2n) is 6.53. The topological polar surface area (TPSA) is 63.7 Å². The third-order valence-electron chi connectivity index (χ3n) is 5.02. The van der Waals surface area contributed by atoms with Gasteiger partial charge in [-0.3, -0.25) is 14.5 Å². The molecule has 1 saturated heterocycles. The lowest BCUT2D eigenvalue weighted by molar-refractivity contribution is -0.159. The third kappa shape index (κ3) is 3.27. The number of likely N-dealkylation sites (tertiary alicyclic amines) is 1. The highest BCUT2D eigenvalue weighted by Crippen LogP contribution is 2.39. The second kappa shape index (κ2) is 7.12. The van der Waals surface area contributed by atoms with Crippen molar-refractivity contribution in [1.82, 2.24) is 4.90 Å². The summed E-state index contributed by atoms with van der Waals surface area (Å²) < 4.78 is 18.8. The molecule has 5 nitrogen and oxygen atoms in total. The zero-order valence-corrected chi connectivity index (χ0v) is 14.6. The molecule has 1 saturated carbocycles. The molecule has 3 atom stereocenters. The van der Waals surface area contributed by atoms with Crippen molar-refractivity contribution in [2.75, 3.05) is 0 Å². The van der Waals surface area contributed by atoms with E-state index in [0.717, 1.165) is 17.7 Å². The lowest BCUT2D eigenvalue weighted by Crippen LogP contribution is -2.44. The molecule has 25 heavy (non-hydrogen) atoms. The van der Waals surface area contributed by atoms with Crippen molar-refractivity contribution >= 4 is 29.4 Å². The van der Waals surface area contributed by atoms with Gasteiger partial charge in [0.25, 0.3) is 0 Å². The Bertz CT molecular complexity index is 679. The lowest BCUT2D eigenvalue weighted by Gasteiger charge is -2.21. The minimum Gasteiger partial charge on any atom is -0.459 e. The Morgan fingerprint density at radius 3 is 2.44 bits per heavy atom. The number of hydrogen-bond donors (Lipinski definition) is 0. The molecule has 0 spiro atoms. The predicted octanol–water partition coefficient (Wildman–Crippen LogP) is 3.09. The highest BCUT2D eigenvalue weighted by atomic mass is 35.5. The van der Waals surface area contributed by atoms with Gasteiger partial charge in [0, 0.05) is 5.56 Å². The normalized spacial score (nSPS) is 24.2. The number of halogens is 2. The quantitative estimate of drug-likeness (QED) is 0.606. The van der Waals surface area contributed by atoms with Gasteiger partial charge in [-0.1, -0.05) is 30.5 Å². The van der Waals surface area contributed by atoms with Crippen molar-refractivity contribution in [2.45, 2.75) is 45.3 Å². The van der Waals surface area contributed by atoms with Crippen molar-refractivity contribution in [3.8, 4) is 0 Å². The average Bonchev–Trinajstić information content (AvgIpc) is 2.85. The van der Waals surface area contributed by atoms with Crippen LogP contribution in [0.15, 0.2) is 18.2 Å². The van der Waals surface area contributed by atoms with E-state index >= 15 is 0 Å². The predicted molar refractivity (Wildman–Crippen MR) is 88.0 cm³/mol. The molecule has 1 aliphatic carbocycles. The molecular weight excluding hydrogens is 349 g/mol. The number of hydrogen-bond acceptors (Lipinski definition) is 4. The van der Waals surface area contributed by atoms with Crippen LogP contribution in [-0.4, -0.2) is 28.7 Å². The molecular formula is C18H19ClFNO4. The van der Waals surface area contributed by atoms with Crippen LogP contribution < -0.4 is 0 Å². The number of imide groups is 1. The molecule has 1 heterocycles. The molecule has 7 heteroatoms. The van der Waals surface area contributed by atoms with E-state index in [4.69, 9.17) is 16.3 Å². The van der Waals surface area contributed by atoms with E-state index in [9.17, 15) is 18.8 Å². The first-order chi connectivity index (χ1) is 11.9. The van der Waals surface area contributed by atoms with Gasteiger partial charge in [0.1, 0.15) is 18.5 Å². The molecule has 1 aromatic rings. The fraction of sp³-hybridized carbons (Fsp3) is 0.500. The maximum absolute atomic E-state index is 13.7. The van der Waals surface area contributed by atoms with Gasteiger partial charge in [-0.2, -0.15) is 0 Å². The largest absolute Gasteiger partial charge is 0.459 e. The Morgan fingerprint density at radius 2 is 1.88 bits per heavy atom. The highest BCUT2D eigenvalue weighted by molar-refractivity contribution is 6.31. The first kappa shape index (κ1) is 17.9. The van der Waals surface area contributed by atoms with E-state index in [2.05, 4.69) is 0 Å². The molecule has 0 unspecified atom stereocenters. The number of ether oxygens (including phenoxy) is 1. The van der Waals surface area contributed by atoms with Gasteiger partial charge in [-0.05, 0) is 31.9 Å². The number of amides is 2. The minimum atomic E-state index is -1.03. The van der Waals surface area contributed by atoms with Crippen LogP contribution in [0.4, 0.5) is 4.39 Å². The first-order valence-electron chi connectivity index (χ1n) is 8.38. The van der Waals surface area contributed by atoms with Gasteiger partial charge in [-0.15, -0.1) is 0 Å². The monoisotopic (exact) mass is 367 g/mol. The maximum Gasteiger partial charge on any atom is 0.329 e. The van der Waals surface area contributed by atoms with E-state index < -0.39 is 17.8 Å². The molecule has 0 N–H and O–H groups in total. The van der Waals surface area contributed by atoms with E-state index in [1.807, 2.05) is 0 Å². The molecule has 0 bridgehead atoms. The average molecular weight is 368 g/mol. The van der Waals surface area contributed by atoms with Crippen LogP contribution in [0.2, 0.25) is 5.02 Å². The van der Waals surface area contributed by atoms with Gasteiger partial charge < -0.3 is 4.74 Å². The first-order valence-corrected chi connectivity index (χ1v) is 8.76. The van der Waals surface area contributed by atoms with Crippen LogP contribution in [0.25, 0.3) is 0 Å². The van der Waals surface area contributed by atoms with Crippen molar-refractivity contribution < 1.29 is 23.5 Å². The highest BCUT2D eigenvalue weighted by Gasteiger charge is 2.51. The zero-order chi connectivity index (χ0) is 18.1. The van der Waals surface area contributed by atoms with E-state index in [1.54, 1.807) is 0 Å². The van der Waals surface area contributed by atoms with Gasteiger partial charge in [0.15, 0.2) is 0 Å². The smallest absolute Gasteiger partial charge is 0.329 e. The molecule has 1 aromatic carbocycles. The molecule has 2 amide bonds. The van der Waals surface area contributed by atoms with Crippen molar-refractivity contribution in [3.63, 3.8) is 0 Å². The van der Waals surface area contributed by atoms with Gasteiger partial charge in [0.05, 0.1) is 16.9 Å². The number of esters is 1. The summed E-state index contributed by atoms with van der Waals surface area (Å²) in [6.07, 6.45) is 3.19. The van der Waals surface area contributed by atoms with Crippen LogP contribution in [0.3, 0.4) is 0 Å². The minimum absolute atomic E-state index is 0.0671. The third-order valence-corrected chi connectivity index (χ3v) is 5.38. The van der Waals surface area contributed by atoms with Crippen LogP contribution in [0, 0.1) is 17.7 Å². The molecule has 134 valence electrons. The lowest BCUT2D eigenvalue weighted by atomic mass is 9.81. The number of nitrogens with zero attached hydrogens (tertiary/aromatic N) is 1. The Hall–Kier alpha value is -1.95. The molecule has 3 rings (SSSR count). The number of fused-ring (bicyclic) bond motifs is 1. The fourth-order valence-corrected chi connectivity index (χ4v) is 3.83. The van der Waals surface area contributed by atoms with Gasteiger partial charge in [-0.25, -0.2) is 9.18 Å². The standard InChI is InChI=1S/C18H19ClFNO4/c1-10(18(24)25-9-13-14(19)7-4-8-15(13)20)21-16(22)11-5-2-3-6-12(11)17(21)23/h4,7-8,10-12H,2-3,5-6,9H2,1H3/t10-,11-,12-/m1/s1. The molecule has 0 aromatic heterocycles. The summed E-state index contributed by atoms with van der Waals surface area (Å²) in [5.74, 6) is -2.58. The Labute approximate surface area is 150 Å². The van der Waals surface area contributed by atoms with Crippen molar-refractivity contribution in [2.24, 2.45) is 11.8 Å². The molecule has 0 radical (unpaired) electrons. The van der Waals surface area contributed by atoms with Crippen molar-refractivity contribution in [3.05, 3.63) is 34.6 Å². The summed E-state index contributed by atoms with van der Waals surface area (Å²) in [5, 5.41) is 0.153. The number of benzene rings is 1. The van der Waals surface area contributed by atoms with E-state index in [1.165, 1.54) is 25.1 Å². The van der Waals surface area contributed by atoms with Crippen molar-refractivity contribution in [1.29, 1.82) is 0 Å². The van der Waals surface area contributed by atoms with E-state index in [0.29, 0.717) is 12.8 Å². The number of carbonyl (C=O) groups is 3. The summed E-state index contributed by atoms with van der Waals surface area (Å²) >= 11 is 5.90. The SMILES string of the molecule is C[C@H](C(=O)OCc1c(F)cccc1Cl)N1C(=O)[C@@H]2CCCC[C@H]2C1=O. The van der Waals surface area contributed by atoms with Gasteiger partial charge in [0.2, 0.25) is 11.8 Å². The van der Waals surface area contributed by atoms with Crippen LogP contribution in [-0.2, 0) is 25.7 Å². The number of rotatable bonds is 4.